The highest BCUT2D eigenvalue weighted by Crippen LogP contribution is 2.23. The highest BCUT2D eigenvalue weighted by molar-refractivity contribution is 6.30. The Morgan fingerprint density at radius 1 is 1.26 bits per heavy atom. The molecule has 0 atom stereocenters. The van der Waals surface area contributed by atoms with Gasteiger partial charge in [-0.05, 0) is 0 Å². The molecular formula is C12H13ClN4O2. The van der Waals surface area contributed by atoms with Crippen molar-refractivity contribution in [2.24, 2.45) is 0 Å². The van der Waals surface area contributed by atoms with E-state index in [4.69, 9.17) is 21.1 Å². The van der Waals surface area contributed by atoms with Gasteiger partial charge in [-0.25, -0.2) is 4.98 Å². The van der Waals surface area contributed by atoms with Crippen LogP contribution in [0.15, 0.2) is 24.5 Å². The fourth-order valence-electron chi connectivity index (χ4n) is 1.42. The Morgan fingerprint density at radius 2 is 2.11 bits per heavy atom. The second kappa shape index (κ2) is 6.31. The summed E-state index contributed by atoms with van der Waals surface area (Å²) in [5.41, 5.74) is 0. The van der Waals surface area contributed by atoms with Crippen molar-refractivity contribution in [1.82, 2.24) is 15.0 Å². The lowest BCUT2D eigenvalue weighted by Crippen LogP contribution is -2.03. The Kier molecular flexibility index (Phi) is 4.48. The Labute approximate surface area is 115 Å². The van der Waals surface area contributed by atoms with Crippen molar-refractivity contribution in [3.05, 3.63) is 35.4 Å². The minimum Gasteiger partial charge on any atom is -0.437 e. The van der Waals surface area contributed by atoms with Gasteiger partial charge in [-0.2, -0.15) is 4.98 Å². The number of nitrogens with zero attached hydrogens (tertiary/aromatic N) is 3. The monoisotopic (exact) mass is 280 g/mol. The maximum Gasteiger partial charge on any atom is 0.224 e. The number of nitrogens with one attached hydrogen (secondary N) is 1. The minimum absolute atomic E-state index is 0.305. The molecule has 0 spiro atoms. The van der Waals surface area contributed by atoms with Crippen LogP contribution in [0.2, 0.25) is 5.02 Å². The Balaban J connectivity index is 2.26. The lowest BCUT2D eigenvalue weighted by Gasteiger charge is -2.08. The van der Waals surface area contributed by atoms with Gasteiger partial charge in [-0.3, -0.25) is 4.98 Å². The summed E-state index contributed by atoms with van der Waals surface area (Å²) in [6.07, 6.45) is 3.09. The molecule has 0 saturated carbocycles. The molecule has 0 radical (unpaired) electrons. The maximum absolute atomic E-state index is 5.84. The number of pyridine rings is 1. The summed E-state index contributed by atoms with van der Waals surface area (Å²) in [6.45, 7) is 0.305. The Hall–Kier alpha value is -1.92. The van der Waals surface area contributed by atoms with Gasteiger partial charge in [-0.1, -0.05) is 11.6 Å². The van der Waals surface area contributed by atoms with Crippen molar-refractivity contribution in [3.63, 3.8) is 0 Å². The number of aromatic nitrogens is 3. The van der Waals surface area contributed by atoms with Crippen LogP contribution in [0.25, 0.3) is 0 Å². The molecule has 100 valence electrons. The number of anilines is 1. The highest BCUT2D eigenvalue weighted by atomic mass is 35.5. The SMILES string of the molecule is CNc1cc(Oc2cncc(Cl)c2)nc(COC)n1. The van der Waals surface area contributed by atoms with Crippen molar-refractivity contribution < 1.29 is 9.47 Å². The average molecular weight is 281 g/mol. The second-order valence-corrected chi connectivity index (χ2v) is 4.07. The van der Waals surface area contributed by atoms with Crippen LogP contribution in [0.5, 0.6) is 11.6 Å². The predicted octanol–water partition coefficient (Wildman–Crippen LogP) is 2.51. The predicted molar refractivity (Wildman–Crippen MR) is 71.6 cm³/mol. The first-order valence-electron chi connectivity index (χ1n) is 5.54. The number of rotatable bonds is 5. The van der Waals surface area contributed by atoms with Gasteiger partial charge in [0, 0.05) is 32.5 Å². The van der Waals surface area contributed by atoms with E-state index in [9.17, 15) is 0 Å². The van der Waals surface area contributed by atoms with Crippen LogP contribution in [0.4, 0.5) is 5.82 Å². The van der Waals surface area contributed by atoms with Crippen LogP contribution in [0.1, 0.15) is 5.82 Å². The Bertz CT molecular complexity index is 565. The second-order valence-electron chi connectivity index (χ2n) is 3.63. The van der Waals surface area contributed by atoms with Gasteiger partial charge in [0.25, 0.3) is 0 Å². The lowest BCUT2D eigenvalue weighted by molar-refractivity contribution is 0.177. The molecule has 0 amide bonds. The van der Waals surface area contributed by atoms with Crippen LogP contribution in [-0.4, -0.2) is 29.1 Å². The molecule has 0 aliphatic carbocycles. The van der Waals surface area contributed by atoms with E-state index in [1.807, 2.05) is 0 Å². The first kappa shape index (κ1) is 13.5. The van der Waals surface area contributed by atoms with Crippen LogP contribution in [0.3, 0.4) is 0 Å². The van der Waals surface area contributed by atoms with Crippen molar-refractivity contribution in [1.29, 1.82) is 0 Å². The molecule has 19 heavy (non-hydrogen) atoms. The molecule has 7 heteroatoms. The largest absolute Gasteiger partial charge is 0.437 e. The van der Waals surface area contributed by atoms with E-state index in [1.54, 1.807) is 32.5 Å². The molecule has 0 fully saturated rings. The number of hydrogen-bond donors (Lipinski definition) is 1. The molecule has 2 rings (SSSR count). The van der Waals surface area contributed by atoms with E-state index in [0.717, 1.165) is 0 Å². The molecule has 0 saturated heterocycles. The molecule has 0 aromatic carbocycles. The third kappa shape index (κ3) is 3.77. The number of halogens is 1. The zero-order valence-corrected chi connectivity index (χ0v) is 11.3. The Morgan fingerprint density at radius 3 is 2.79 bits per heavy atom. The lowest BCUT2D eigenvalue weighted by atomic mass is 10.4. The number of hydrogen-bond acceptors (Lipinski definition) is 6. The van der Waals surface area contributed by atoms with Gasteiger partial charge in [0.15, 0.2) is 5.82 Å². The summed E-state index contributed by atoms with van der Waals surface area (Å²) in [5, 5.41) is 3.43. The summed E-state index contributed by atoms with van der Waals surface area (Å²) in [7, 11) is 3.35. The standard InChI is InChI=1S/C12H13ClN4O2/c1-14-10-4-12(17-11(16-10)7-18-2)19-9-3-8(13)5-15-6-9/h3-6H,7H2,1-2H3,(H,14,16,17). The zero-order valence-electron chi connectivity index (χ0n) is 10.6. The smallest absolute Gasteiger partial charge is 0.224 e. The molecule has 0 aliphatic heterocycles. The van der Waals surface area contributed by atoms with Crippen molar-refractivity contribution in [2.75, 3.05) is 19.5 Å². The summed E-state index contributed by atoms with van der Waals surface area (Å²) < 4.78 is 10.6. The van der Waals surface area contributed by atoms with Crippen molar-refractivity contribution in [3.8, 4) is 11.6 Å². The number of ether oxygens (including phenoxy) is 2. The molecule has 1 N–H and O–H groups in total. The normalized spacial score (nSPS) is 10.3. The summed E-state index contributed by atoms with van der Waals surface area (Å²) in [4.78, 5) is 12.4. The first-order chi connectivity index (χ1) is 9.21. The van der Waals surface area contributed by atoms with Gasteiger partial charge in [0.1, 0.15) is 18.2 Å². The minimum atomic E-state index is 0.305. The molecule has 6 nitrogen and oxygen atoms in total. The zero-order chi connectivity index (χ0) is 13.7. The van der Waals surface area contributed by atoms with Crippen LogP contribution in [0, 0.1) is 0 Å². The molecule has 0 unspecified atom stereocenters. The topological polar surface area (TPSA) is 69.2 Å². The van der Waals surface area contributed by atoms with E-state index in [0.29, 0.717) is 34.9 Å². The highest BCUT2D eigenvalue weighted by Gasteiger charge is 2.06. The summed E-state index contributed by atoms with van der Waals surface area (Å²) in [6, 6.07) is 3.34. The number of methoxy groups -OCH3 is 1. The molecule has 0 bridgehead atoms. The third-order valence-corrected chi connectivity index (χ3v) is 2.39. The van der Waals surface area contributed by atoms with Crippen molar-refractivity contribution >= 4 is 17.4 Å². The summed E-state index contributed by atoms with van der Waals surface area (Å²) in [5.74, 6) is 2.08. The van der Waals surface area contributed by atoms with E-state index in [1.165, 1.54) is 6.20 Å². The fourth-order valence-corrected chi connectivity index (χ4v) is 1.58. The van der Waals surface area contributed by atoms with E-state index >= 15 is 0 Å². The van der Waals surface area contributed by atoms with Gasteiger partial charge in [-0.15, -0.1) is 0 Å². The molecular weight excluding hydrogens is 268 g/mol. The maximum atomic E-state index is 5.84. The fraction of sp³-hybridized carbons (Fsp3) is 0.250. The molecule has 2 aromatic rings. The van der Waals surface area contributed by atoms with E-state index in [-0.39, 0.29) is 0 Å². The quantitative estimate of drug-likeness (QED) is 0.907. The van der Waals surface area contributed by atoms with Crippen LogP contribution in [-0.2, 0) is 11.3 Å². The molecule has 0 aliphatic rings. The third-order valence-electron chi connectivity index (χ3n) is 2.18. The first-order valence-corrected chi connectivity index (χ1v) is 5.92. The van der Waals surface area contributed by atoms with Gasteiger partial charge in [0.05, 0.1) is 11.2 Å². The van der Waals surface area contributed by atoms with Gasteiger partial charge in [0.2, 0.25) is 5.88 Å². The van der Waals surface area contributed by atoms with Crippen molar-refractivity contribution in [2.45, 2.75) is 6.61 Å². The average Bonchev–Trinajstić information content (AvgIpc) is 2.39. The molecule has 2 aromatic heterocycles. The van der Waals surface area contributed by atoms with Gasteiger partial charge >= 0.3 is 0 Å². The van der Waals surface area contributed by atoms with Crippen LogP contribution < -0.4 is 10.1 Å². The van der Waals surface area contributed by atoms with E-state index in [2.05, 4.69) is 20.3 Å². The summed E-state index contributed by atoms with van der Waals surface area (Å²) >= 11 is 5.84. The van der Waals surface area contributed by atoms with E-state index < -0.39 is 0 Å². The van der Waals surface area contributed by atoms with Gasteiger partial charge < -0.3 is 14.8 Å². The molecule has 2 heterocycles. The van der Waals surface area contributed by atoms with Crippen LogP contribution >= 0.6 is 11.6 Å².